The number of benzene rings is 1. The molecule has 1 aromatic carbocycles. The van der Waals surface area contributed by atoms with E-state index in [1.807, 2.05) is 59.7 Å². The molecule has 4 rings (SSSR count). The number of fused-ring (bicyclic) bond motifs is 2. The van der Waals surface area contributed by atoms with Crippen molar-refractivity contribution in [3.05, 3.63) is 72.6 Å². The van der Waals surface area contributed by atoms with Crippen molar-refractivity contribution in [2.24, 2.45) is 0 Å². The van der Waals surface area contributed by atoms with E-state index >= 15 is 8.63 Å². The Morgan fingerprint density at radius 2 is 1.77 bits per heavy atom. The number of aromatic nitrogens is 1. The van der Waals surface area contributed by atoms with Gasteiger partial charge in [0.1, 0.15) is 5.71 Å². The van der Waals surface area contributed by atoms with Crippen LogP contribution in [0.5, 0.6) is 0 Å². The summed E-state index contributed by atoms with van der Waals surface area (Å²) in [6.45, 7) is 7.60. The molecule has 0 fully saturated rings. The first-order chi connectivity index (χ1) is 14.1. The van der Waals surface area contributed by atoms with Crippen molar-refractivity contribution < 1.29 is 13.1 Å². The largest absolute Gasteiger partial charge is 0.737 e. The number of hydrogen-bond donors (Lipinski definition) is 0. The normalized spacial score (nSPS) is 17.8. The summed E-state index contributed by atoms with van der Waals surface area (Å²) in [5, 5.41) is 0.564. The molecular formula is C23H25BBrClF2N2. The van der Waals surface area contributed by atoms with Crippen molar-refractivity contribution in [2.45, 2.75) is 54.4 Å². The third kappa shape index (κ3) is 2.69. The van der Waals surface area contributed by atoms with E-state index in [0.717, 1.165) is 37.9 Å². The van der Waals surface area contributed by atoms with Crippen molar-refractivity contribution >= 4 is 45.8 Å². The van der Waals surface area contributed by atoms with Gasteiger partial charge in [-0.05, 0) is 84.1 Å². The zero-order valence-corrected chi connectivity index (χ0v) is 20.5. The number of hydrogen-bond acceptors (Lipinski definition) is 0. The predicted octanol–water partition coefficient (Wildman–Crippen LogP) is 7.29. The molecule has 158 valence electrons. The molecule has 30 heavy (non-hydrogen) atoms. The Hall–Kier alpha value is -1.66. The monoisotopic (exact) mass is 492 g/mol. The van der Waals surface area contributed by atoms with Gasteiger partial charge in [-0.25, -0.2) is 0 Å². The molecule has 0 spiro atoms. The Kier molecular flexibility index (Phi) is 5.18. The molecule has 2 nitrogen and oxygen atoms in total. The second kappa shape index (κ2) is 7.20. The summed E-state index contributed by atoms with van der Waals surface area (Å²) in [5.74, 6) is 0. The van der Waals surface area contributed by atoms with E-state index in [1.165, 1.54) is 8.96 Å². The number of rotatable bonds is 3. The van der Waals surface area contributed by atoms with Crippen LogP contribution in [0.15, 0.2) is 39.5 Å². The third-order valence-corrected chi connectivity index (χ3v) is 7.94. The zero-order chi connectivity index (χ0) is 22.1. The summed E-state index contributed by atoms with van der Waals surface area (Å²) in [6, 6.07) is 5.71. The molecule has 0 aliphatic carbocycles. The standard InChI is InChI=1S/C23H25BBrClF2N2/c1-7-17-12(3)22-21(16-9-10-19(25)20(26)11-16)23-13(4)18(8-2)15(6)30(23)24(27,28)29(22)14(17)5/h9-11H,7-8H2,1-6H3. The Morgan fingerprint density at radius 1 is 1.10 bits per heavy atom. The van der Waals surface area contributed by atoms with Crippen LogP contribution < -0.4 is 0 Å². The maximum Gasteiger partial charge on any atom is 0.737 e. The van der Waals surface area contributed by atoms with Crippen molar-refractivity contribution in [1.82, 2.24) is 4.48 Å². The van der Waals surface area contributed by atoms with E-state index < -0.39 is 6.97 Å². The number of nitrogens with zero attached hydrogens (tertiary/aromatic N) is 2. The van der Waals surface area contributed by atoms with Crippen molar-refractivity contribution in [3.8, 4) is 0 Å². The van der Waals surface area contributed by atoms with Gasteiger partial charge < -0.3 is 17.6 Å². The van der Waals surface area contributed by atoms with E-state index in [1.54, 1.807) is 0 Å². The molecule has 0 amide bonds. The maximum atomic E-state index is 16.1. The highest BCUT2D eigenvalue weighted by Gasteiger charge is 2.56. The lowest BCUT2D eigenvalue weighted by Gasteiger charge is -2.34. The highest BCUT2D eigenvalue weighted by atomic mass is 79.9. The van der Waals surface area contributed by atoms with Gasteiger partial charge in [-0.2, -0.15) is 0 Å². The summed E-state index contributed by atoms with van der Waals surface area (Å²) >= 11 is 9.88. The molecule has 3 heterocycles. The lowest BCUT2D eigenvalue weighted by Crippen LogP contribution is -2.51. The van der Waals surface area contributed by atoms with Gasteiger partial charge in [0, 0.05) is 28.2 Å². The van der Waals surface area contributed by atoms with Crippen molar-refractivity contribution in [3.63, 3.8) is 0 Å². The molecule has 0 saturated heterocycles. The molecule has 2 aromatic rings. The van der Waals surface area contributed by atoms with Gasteiger partial charge in [-0.3, -0.25) is 0 Å². The van der Waals surface area contributed by atoms with Gasteiger partial charge in [-0.1, -0.05) is 31.5 Å². The molecule has 0 saturated carbocycles. The lowest BCUT2D eigenvalue weighted by atomic mass is 9.83. The molecule has 2 aliphatic heterocycles. The zero-order valence-electron chi connectivity index (χ0n) is 18.1. The fourth-order valence-electron chi connectivity index (χ4n) is 5.40. The van der Waals surface area contributed by atoms with E-state index in [2.05, 4.69) is 15.9 Å². The lowest BCUT2D eigenvalue weighted by molar-refractivity contribution is -0.363. The molecule has 1 aromatic heterocycles. The first-order valence-electron chi connectivity index (χ1n) is 10.3. The molecular weight excluding hydrogens is 468 g/mol. The maximum absolute atomic E-state index is 16.1. The second-order valence-electron chi connectivity index (χ2n) is 8.11. The van der Waals surface area contributed by atoms with Crippen LogP contribution in [-0.4, -0.2) is 21.6 Å². The van der Waals surface area contributed by atoms with Crippen molar-refractivity contribution in [2.75, 3.05) is 0 Å². The minimum atomic E-state index is -4.00. The average Bonchev–Trinajstić information content (AvgIpc) is 3.09. The van der Waals surface area contributed by atoms with Crippen LogP contribution in [0.1, 0.15) is 62.2 Å². The Morgan fingerprint density at radius 3 is 2.33 bits per heavy atom. The third-order valence-electron chi connectivity index (χ3n) is 6.70. The highest BCUT2D eigenvalue weighted by Crippen LogP contribution is 2.47. The quantitative estimate of drug-likeness (QED) is 0.397. The van der Waals surface area contributed by atoms with Crippen LogP contribution in [-0.2, 0) is 6.42 Å². The second-order valence-corrected chi connectivity index (χ2v) is 9.38. The molecule has 0 bridgehead atoms. The van der Waals surface area contributed by atoms with Crippen LogP contribution >= 0.6 is 27.5 Å². The molecule has 7 heteroatoms. The minimum absolute atomic E-state index is 0.564. The van der Waals surface area contributed by atoms with Crippen LogP contribution in [0, 0.1) is 13.8 Å². The molecule has 2 aliphatic rings. The Bertz CT molecular complexity index is 1200. The van der Waals surface area contributed by atoms with Crippen LogP contribution in [0.2, 0.25) is 5.02 Å². The Labute approximate surface area is 190 Å². The highest BCUT2D eigenvalue weighted by molar-refractivity contribution is 9.10. The SMILES string of the molecule is CCC1=C(C)C2=C(c3ccc(Br)c(Cl)c3)c3c(C)c(CC)c(C)n3[B-](F)(F)[N+]2=C1C. The van der Waals surface area contributed by atoms with E-state index in [-0.39, 0.29) is 0 Å². The smallest absolute Gasteiger partial charge is 0.393 e. The van der Waals surface area contributed by atoms with E-state index in [0.29, 0.717) is 40.7 Å². The Balaban J connectivity index is 2.23. The summed E-state index contributed by atoms with van der Waals surface area (Å²) < 4.78 is 35.7. The van der Waals surface area contributed by atoms with Gasteiger partial charge in [0.15, 0.2) is 5.70 Å². The van der Waals surface area contributed by atoms with E-state index in [4.69, 9.17) is 11.6 Å². The summed E-state index contributed by atoms with van der Waals surface area (Å²) in [5.41, 5.74) is 8.03. The minimum Gasteiger partial charge on any atom is -0.393 e. The fraction of sp³-hybridized carbons (Fsp3) is 0.348. The summed E-state index contributed by atoms with van der Waals surface area (Å²) in [7, 11) is 0. The molecule has 0 atom stereocenters. The van der Waals surface area contributed by atoms with E-state index in [9.17, 15) is 0 Å². The molecule has 0 N–H and O–H groups in total. The van der Waals surface area contributed by atoms with Gasteiger partial charge >= 0.3 is 6.97 Å². The summed E-state index contributed by atoms with van der Waals surface area (Å²) in [6.07, 6.45) is 1.43. The predicted molar refractivity (Wildman–Crippen MR) is 126 cm³/mol. The van der Waals surface area contributed by atoms with Crippen molar-refractivity contribution in [1.29, 1.82) is 0 Å². The molecule has 0 unspecified atom stereocenters. The fourth-order valence-corrected chi connectivity index (χ4v) is 5.83. The van der Waals surface area contributed by atoms with Crippen LogP contribution in [0.3, 0.4) is 0 Å². The van der Waals surface area contributed by atoms with Crippen LogP contribution in [0.25, 0.3) is 5.57 Å². The van der Waals surface area contributed by atoms with Gasteiger partial charge in [-0.15, -0.1) is 0 Å². The van der Waals surface area contributed by atoms with Gasteiger partial charge in [0.25, 0.3) is 0 Å². The topological polar surface area (TPSA) is 7.94 Å². The first kappa shape index (κ1) is 21.6. The first-order valence-corrected chi connectivity index (χ1v) is 11.5. The van der Waals surface area contributed by atoms with Crippen LogP contribution in [0.4, 0.5) is 8.63 Å². The van der Waals surface area contributed by atoms with Gasteiger partial charge in [0.05, 0.1) is 10.6 Å². The van der Waals surface area contributed by atoms with Gasteiger partial charge in [0.2, 0.25) is 0 Å². The summed E-state index contributed by atoms with van der Waals surface area (Å²) in [4.78, 5) is 0. The average molecular weight is 494 g/mol. The number of allylic oxidation sites excluding steroid dienone is 2. The number of halogens is 4. The molecule has 0 radical (unpaired) electrons.